The number of ketones is 1. The number of nitrogens with zero attached hydrogens (tertiary/aromatic N) is 1. The highest BCUT2D eigenvalue weighted by Crippen LogP contribution is 2.66. The van der Waals surface area contributed by atoms with Gasteiger partial charge in [0.1, 0.15) is 0 Å². The van der Waals surface area contributed by atoms with Gasteiger partial charge in [-0.2, -0.15) is 5.26 Å². The molecule has 23 heavy (non-hydrogen) atoms. The number of allylic oxidation sites excluding steroid dienone is 1. The van der Waals surface area contributed by atoms with Crippen molar-refractivity contribution in [3.8, 4) is 6.07 Å². The summed E-state index contributed by atoms with van der Waals surface area (Å²) in [5.74, 6) is 3.39. The third-order valence-electron chi connectivity index (χ3n) is 8.50. The van der Waals surface area contributed by atoms with Crippen LogP contribution in [0.25, 0.3) is 0 Å². The van der Waals surface area contributed by atoms with E-state index >= 15 is 0 Å². The average molecular weight is 311 g/mol. The van der Waals surface area contributed by atoms with Gasteiger partial charge in [-0.3, -0.25) is 4.79 Å². The lowest BCUT2D eigenvalue weighted by molar-refractivity contribution is -0.117. The summed E-state index contributed by atoms with van der Waals surface area (Å²) in [5.41, 5.74) is 2.15. The minimum Gasteiger partial charge on any atom is -0.295 e. The van der Waals surface area contributed by atoms with Crippen molar-refractivity contribution in [2.75, 3.05) is 0 Å². The molecule has 0 aromatic carbocycles. The molecule has 4 aliphatic carbocycles. The van der Waals surface area contributed by atoms with Gasteiger partial charge in [-0.25, -0.2) is 0 Å². The van der Waals surface area contributed by atoms with Crippen molar-refractivity contribution in [2.45, 2.75) is 71.6 Å². The van der Waals surface area contributed by atoms with Crippen LogP contribution in [0.4, 0.5) is 0 Å². The molecule has 3 saturated carbocycles. The molecular weight excluding hydrogens is 282 g/mol. The molecule has 0 spiro atoms. The summed E-state index contributed by atoms with van der Waals surface area (Å²) in [7, 11) is 0. The maximum atomic E-state index is 11.9. The van der Waals surface area contributed by atoms with E-state index in [0.29, 0.717) is 17.1 Å². The molecule has 124 valence electrons. The van der Waals surface area contributed by atoms with Crippen LogP contribution in [0.3, 0.4) is 0 Å². The standard InChI is InChI=1S/C21H29NO/c1-20-11-8-19-17(18(20)6-4-14(20)9-12-22)5-3-15-13-16(23)7-10-21(15,19)2/h13-14,17-19H,3-11H2,1-2H3/t14-,17+,18+,19+,20-,21+/m1/s1. The molecule has 0 amide bonds. The van der Waals surface area contributed by atoms with Crippen LogP contribution in [-0.2, 0) is 4.79 Å². The number of hydrogen-bond donors (Lipinski definition) is 0. The molecule has 2 heteroatoms. The fourth-order valence-corrected chi connectivity index (χ4v) is 7.11. The fourth-order valence-electron chi connectivity index (χ4n) is 7.11. The Kier molecular flexibility index (Phi) is 3.49. The smallest absolute Gasteiger partial charge is 0.155 e. The summed E-state index contributed by atoms with van der Waals surface area (Å²) in [6, 6.07) is 2.45. The van der Waals surface area contributed by atoms with Gasteiger partial charge in [0.15, 0.2) is 5.78 Å². The van der Waals surface area contributed by atoms with Gasteiger partial charge < -0.3 is 0 Å². The van der Waals surface area contributed by atoms with Gasteiger partial charge in [0.05, 0.1) is 6.07 Å². The second kappa shape index (κ2) is 5.20. The SMILES string of the molecule is C[C@]12CC[C@H]3[C@@H](CCC4=CC(=O)CC[C@@]43C)[C@@H]1CC[C@@H]2CC#N. The number of carbonyl (C=O) groups excluding carboxylic acids is 1. The molecule has 0 heterocycles. The van der Waals surface area contributed by atoms with E-state index in [9.17, 15) is 10.1 Å². The van der Waals surface area contributed by atoms with E-state index in [4.69, 9.17) is 0 Å². The third kappa shape index (κ3) is 2.08. The van der Waals surface area contributed by atoms with Gasteiger partial charge >= 0.3 is 0 Å². The number of rotatable bonds is 1. The zero-order valence-electron chi connectivity index (χ0n) is 14.6. The maximum Gasteiger partial charge on any atom is 0.155 e. The van der Waals surface area contributed by atoms with Gasteiger partial charge in [0, 0.05) is 12.8 Å². The minimum atomic E-state index is 0.283. The molecule has 0 N–H and O–H groups in total. The lowest BCUT2D eigenvalue weighted by atomic mass is 9.47. The summed E-state index contributed by atoms with van der Waals surface area (Å²) in [6.45, 7) is 4.94. The Balaban J connectivity index is 1.65. The Bertz CT molecular complexity index is 599. The Morgan fingerprint density at radius 2 is 1.96 bits per heavy atom. The number of hydrogen-bond acceptors (Lipinski definition) is 2. The van der Waals surface area contributed by atoms with Crippen molar-refractivity contribution in [3.05, 3.63) is 11.6 Å². The van der Waals surface area contributed by atoms with Crippen molar-refractivity contribution in [3.63, 3.8) is 0 Å². The van der Waals surface area contributed by atoms with Crippen LogP contribution in [-0.4, -0.2) is 5.78 Å². The largest absolute Gasteiger partial charge is 0.295 e. The predicted octanol–water partition coefficient (Wildman–Crippen LogP) is 5.05. The molecule has 6 atom stereocenters. The average Bonchev–Trinajstić information content (AvgIpc) is 2.85. The summed E-state index contributed by atoms with van der Waals surface area (Å²) in [6.07, 6.45) is 12.2. The van der Waals surface area contributed by atoms with Crippen molar-refractivity contribution >= 4 is 5.78 Å². The van der Waals surface area contributed by atoms with E-state index in [0.717, 1.165) is 43.4 Å². The Hall–Kier alpha value is -1.10. The Morgan fingerprint density at radius 3 is 2.74 bits per heavy atom. The van der Waals surface area contributed by atoms with Crippen molar-refractivity contribution in [2.24, 2.45) is 34.5 Å². The quantitative estimate of drug-likeness (QED) is 0.680. The monoisotopic (exact) mass is 311 g/mol. The van der Waals surface area contributed by atoms with E-state index in [1.54, 1.807) is 0 Å². The van der Waals surface area contributed by atoms with Crippen LogP contribution in [0.2, 0.25) is 0 Å². The molecule has 0 unspecified atom stereocenters. The zero-order chi connectivity index (χ0) is 16.2. The van der Waals surface area contributed by atoms with Gasteiger partial charge in [-0.05, 0) is 85.5 Å². The molecule has 4 rings (SSSR count). The molecule has 2 nitrogen and oxygen atoms in total. The van der Waals surface area contributed by atoms with E-state index in [2.05, 4.69) is 19.9 Å². The van der Waals surface area contributed by atoms with Gasteiger partial charge in [-0.15, -0.1) is 0 Å². The van der Waals surface area contributed by atoms with Crippen LogP contribution >= 0.6 is 0 Å². The van der Waals surface area contributed by atoms with E-state index in [1.165, 1.54) is 37.7 Å². The first-order chi connectivity index (χ1) is 11.0. The summed E-state index contributed by atoms with van der Waals surface area (Å²) in [5, 5.41) is 9.19. The molecule has 4 aliphatic rings. The number of nitriles is 1. The topological polar surface area (TPSA) is 40.9 Å². The maximum absolute atomic E-state index is 11.9. The van der Waals surface area contributed by atoms with Crippen LogP contribution < -0.4 is 0 Å². The van der Waals surface area contributed by atoms with Crippen molar-refractivity contribution in [1.29, 1.82) is 5.26 Å². The van der Waals surface area contributed by atoms with Crippen molar-refractivity contribution in [1.82, 2.24) is 0 Å². The highest BCUT2D eigenvalue weighted by atomic mass is 16.1. The van der Waals surface area contributed by atoms with Crippen LogP contribution in [0.1, 0.15) is 71.6 Å². The summed E-state index contributed by atoms with van der Waals surface area (Å²) >= 11 is 0. The zero-order valence-corrected chi connectivity index (χ0v) is 14.6. The molecule has 3 fully saturated rings. The Morgan fingerprint density at radius 1 is 1.13 bits per heavy atom. The second-order valence-corrected chi connectivity index (χ2v) is 9.15. The fraction of sp³-hybridized carbons (Fsp3) is 0.810. The molecule has 0 saturated heterocycles. The first-order valence-corrected chi connectivity index (χ1v) is 9.60. The van der Waals surface area contributed by atoms with E-state index in [-0.39, 0.29) is 5.41 Å². The molecule has 0 aromatic rings. The molecule has 0 aliphatic heterocycles. The molecular formula is C21H29NO. The summed E-state index contributed by atoms with van der Waals surface area (Å²) < 4.78 is 0. The highest BCUT2D eigenvalue weighted by molar-refractivity contribution is 5.91. The lowest BCUT2D eigenvalue weighted by Gasteiger charge is -2.58. The number of carbonyl (C=O) groups is 1. The normalized spacial score (nSPS) is 48.7. The van der Waals surface area contributed by atoms with Gasteiger partial charge in [0.2, 0.25) is 0 Å². The van der Waals surface area contributed by atoms with E-state index in [1.807, 2.05) is 6.08 Å². The van der Waals surface area contributed by atoms with Gasteiger partial charge in [0.25, 0.3) is 0 Å². The van der Waals surface area contributed by atoms with Crippen LogP contribution in [0.5, 0.6) is 0 Å². The lowest BCUT2D eigenvalue weighted by Crippen LogP contribution is -2.50. The molecule has 0 bridgehead atoms. The molecule has 0 aromatic heterocycles. The van der Waals surface area contributed by atoms with Crippen LogP contribution in [0.15, 0.2) is 11.6 Å². The van der Waals surface area contributed by atoms with Gasteiger partial charge in [-0.1, -0.05) is 19.4 Å². The van der Waals surface area contributed by atoms with E-state index < -0.39 is 0 Å². The second-order valence-electron chi connectivity index (χ2n) is 9.15. The predicted molar refractivity (Wildman–Crippen MR) is 90.4 cm³/mol. The Labute approximate surface area is 140 Å². The summed E-state index contributed by atoms with van der Waals surface area (Å²) in [4.78, 5) is 11.9. The minimum absolute atomic E-state index is 0.283. The first kappa shape index (κ1) is 15.4. The highest BCUT2D eigenvalue weighted by Gasteiger charge is 2.58. The third-order valence-corrected chi connectivity index (χ3v) is 8.50. The van der Waals surface area contributed by atoms with Crippen LogP contribution in [0, 0.1) is 45.8 Å². The number of fused-ring (bicyclic) bond motifs is 5. The molecule has 0 radical (unpaired) electrons. The first-order valence-electron chi connectivity index (χ1n) is 9.60. The van der Waals surface area contributed by atoms with Crippen molar-refractivity contribution < 1.29 is 4.79 Å².